The van der Waals surface area contributed by atoms with E-state index in [4.69, 9.17) is 10.5 Å². The van der Waals surface area contributed by atoms with Crippen LogP contribution < -0.4 is 16.4 Å². The molecule has 3 aromatic rings. The number of nitrogens with two attached hydrogens (primary N) is 1. The lowest BCUT2D eigenvalue weighted by atomic mass is 9.91. The molecule has 8 nitrogen and oxygen atoms in total. The SMILES string of the molecule is Cc1cc(C(=O)N[C@@H](Cc2ccccc2)[C@@H](N)C[C@@H](C)C(=O)Nc2ccc(F)cc2)cc(C(=O)N2CCC[C@@H]2COC(C)C)c1. The number of aryl methyl sites for hydroxylation is 1. The van der Waals surface area contributed by atoms with Gasteiger partial charge in [-0.25, -0.2) is 4.39 Å². The number of nitrogens with zero attached hydrogens (tertiary/aromatic N) is 1. The number of anilines is 1. The first kappa shape index (κ1) is 33.8. The smallest absolute Gasteiger partial charge is 0.254 e. The summed E-state index contributed by atoms with van der Waals surface area (Å²) in [4.78, 5) is 42.1. The summed E-state index contributed by atoms with van der Waals surface area (Å²) in [6.07, 6.45) is 2.65. The van der Waals surface area contributed by atoms with Gasteiger partial charge in [-0.05, 0) is 100 Å². The van der Waals surface area contributed by atoms with Crippen molar-refractivity contribution in [2.45, 2.75) is 77.6 Å². The van der Waals surface area contributed by atoms with E-state index in [1.807, 2.05) is 62.1 Å². The molecular formula is C36H45FN4O4. The van der Waals surface area contributed by atoms with Crippen LogP contribution in [0.4, 0.5) is 10.1 Å². The van der Waals surface area contributed by atoms with E-state index in [9.17, 15) is 18.8 Å². The van der Waals surface area contributed by atoms with Gasteiger partial charge in [-0.3, -0.25) is 14.4 Å². The molecule has 0 saturated carbocycles. The van der Waals surface area contributed by atoms with Gasteiger partial charge in [0.05, 0.1) is 18.8 Å². The van der Waals surface area contributed by atoms with Crippen LogP contribution in [0.15, 0.2) is 72.8 Å². The number of carbonyl (C=O) groups excluding carboxylic acids is 3. The van der Waals surface area contributed by atoms with Crippen LogP contribution in [-0.2, 0) is 16.0 Å². The third-order valence-electron chi connectivity index (χ3n) is 8.16. The third-order valence-corrected chi connectivity index (χ3v) is 8.16. The molecule has 240 valence electrons. The number of halogens is 1. The van der Waals surface area contributed by atoms with E-state index in [0.29, 0.717) is 42.8 Å². The quantitative estimate of drug-likeness (QED) is 0.235. The Morgan fingerprint density at radius 3 is 2.38 bits per heavy atom. The molecule has 4 atom stereocenters. The molecule has 0 bridgehead atoms. The van der Waals surface area contributed by atoms with Gasteiger partial charge in [0.1, 0.15) is 5.82 Å². The minimum absolute atomic E-state index is 0.00758. The lowest BCUT2D eigenvalue weighted by Gasteiger charge is -2.28. The molecule has 0 radical (unpaired) electrons. The fourth-order valence-electron chi connectivity index (χ4n) is 5.69. The summed E-state index contributed by atoms with van der Waals surface area (Å²) >= 11 is 0. The summed E-state index contributed by atoms with van der Waals surface area (Å²) in [5.41, 5.74) is 9.81. The highest BCUT2D eigenvalue weighted by Crippen LogP contribution is 2.23. The van der Waals surface area contributed by atoms with Crippen LogP contribution in [-0.4, -0.2) is 60.0 Å². The lowest BCUT2D eigenvalue weighted by molar-refractivity contribution is -0.119. The van der Waals surface area contributed by atoms with E-state index < -0.39 is 18.0 Å². The van der Waals surface area contributed by atoms with Crippen LogP contribution in [0.2, 0.25) is 0 Å². The van der Waals surface area contributed by atoms with E-state index in [1.165, 1.54) is 24.3 Å². The molecule has 4 N–H and O–H groups in total. The average Bonchev–Trinajstić information content (AvgIpc) is 3.49. The molecule has 3 amide bonds. The molecule has 1 aliphatic rings. The van der Waals surface area contributed by atoms with Crippen LogP contribution >= 0.6 is 0 Å². The number of ether oxygens (including phenoxy) is 1. The van der Waals surface area contributed by atoms with Crippen molar-refractivity contribution in [3.05, 3.63) is 101 Å². The molecule has 0 aliphatic carbocycles. The summed E-state index contributed by atoms with van der Waals surface area (Å²) in [6, 6.07) is 19.5. The molecule has 4 rings (SSSR count). The molecule has 1 aliphatic heterocycles. The maximum Gasteiger partial charge on any atom is 0.254 e. The van der Waals surface area contributed by atoms with Crippen molar-refractivity contribution in [3.63, 3.8) is 0 Å². The first-order chi connectivity index (χ1) is 21.5. The van der Waals surface area contributed by atoms with Gasteiger partial charge in [-0.15, -0.1) is 0 Å². The number of rotatable bonds is 13. The average molecular weight is 617 g/mol. The van der Waals surface area contributed by atoms with E-state index in [1.54, 1.807) is 19.1 Å². The molecule has 45 heavy (non-hydrogen) atoms. The number of benzene rings is 3. The predicted molar refractivity (Wildman–Crippen MR) is 175 cm³/mol. The second kappa shape index (κ2) is 15.8. The highest BCUT2D eigenvalue weighted by molar-refractivity contribution is 6.00. The van der Waals surface area contributed by atoms with E-state index >= 15 is 0 Å². The van der Waals surface area contributed by atoms with Gasteiger partial charge in [0.2, 0.25) is 5.91 Å². The van der Waals surface area contributed by atoms with E-state index in [2.05, 4.69) is 10.6 Å². The Morgan fingerprint density at radius 1 is 1.00 bits per heavy atom. The van der Waals surface area contributed by atoms with Crippen molar-refractivity contribution in [2.24, 2.45) is 11.7 Å². The van der Waals surface area contributed by atoms with Crippen molar-refractivity contribution in [1.82, 2.24) is 10.2 Å². The van der Waals surface area contributed by atoms with Gasteiger partial charge in [-0.2, -0.15) is 0 Å². The fourth-order valence-corrected chi connectivity index (χ4v) is 5.69. The molecule has 1 fully saturated rings. The number of carbonyl (C=O) groups is 3. The van der Waals surface area contributed by atoms with Crippen LogP contribution in [0.25, 0.3) is 0 Å². The zero-order valence-corrected chi connectivity index (χ0v) is 26.6. The Labute approximate surface area is 265 Å². The standard InChI is InChI=1S/C36H45FN4O4/c1-23(2)45-22-31-11-8-16-41(31)36(44)28-18-24(3)17-27(21-28)35(43)40-33(20-26-9-6-5-7-10-26)32(38)19-25(4)34(42)39-30-14-12-29(37)13-15-30/h5-7,9-10,12-15,17-18,21,23,25,31-33H,8,11,16,19-20,22,38H2,1-4H3,(H,39,42)(H,40,43)/t25-,31-,32+,33+/m1/s1. The van der Waals surface area contributed by atoms with E-state index in [-0.39, 0.29) is 35.7 Å². The molecular weight excluding hydrogens is 571 g/mol. The van der Waals surface area contributed by atoms with Crippen molar-refractivity contribution >= 4 is 23.4 Å². The number of hydrogen-bond donors (Lipinski definition) is 3. The maximum absolute atomic E-state index is 13.7. The first-order valence-corrected chi connectivity index (χ1v) is 15.7. The normalized spacial score (nSPS) is 16.7. The molecule has 0 aromatic heterocycles. The third kappa shape index (κ3) is 9.70. The lowest BCUT2D eigenvalue weighted by Crippen LogP contribution is -2.50. The highest BCUT2D eigenvalue weighted by Gasteiger charge is 2.31. The monoisotopic (exact) mass is 616 g/mol. The van der Waals surface area contributed by atoms with Crippen LogP contribution in [0.3, 0.4) is 0 Å². The first-order valence-electron chi connectivity index (χ1n) is 15.7. The van der Waals surface area contributed by atoms with Gasteiger partial charge in [0.25, 0.3) is 11.8 Å². The second-order valence-corrected chi connectivity index (χ2v) is 12.3. The van der Waals surface area contributed by atoms with Gasteiger partial charge < -0.3 is 26.0 Å². The zero-order chi connectivity index (χ0) is 32.5. The van der Waals surface area contributed by atoms with Crippen LogP contribution in [0.1, 0.15) is 71.9 Å². The predicted octanol–water partition coefficient (Wildman–Crippen LogP) is 5.50. The molecule has 0 spiro atoms. The Bertz CT molecular complexity index is 1450. The number of hydrogen-bond acceptors (Lipinski definition) is 5. The molecule has 1 saturated heterocycles. The van der Waals surface area contributed by atoms with Crippen LogP contribution in [0.5, 0.6) is 0 Å². The number of amides is 3. The van der Waals surface area contributed by atoms with Crippen molar-refractivity contribution < 1.29 is 23.5 Å². The van der Waals surface area contributed by atoms with Crippen molar-refractivity contribution in [2.75, 3.05) is 18.5 Å². The summed E-state index contributed by atoms with van der Waals surface area (Å²) < 4.78 is 19.1. The van der Waals surface area contributed by atoms with Gasteiger partial charge >= 0.3 is 0 Å². The topological polar surface area (TPSA) is 114 Å². The minimum atomic E-state index is -0.555. The zero-order valence-electron chi connectivity index (χ0n) is 26.6. The van der Waals surface area contributed by atoms with Gasteiger partial charge in [-0.1, -0.05) is 37.3 Å². The summed E-state index contributed by atoms with van der Waals surface area (Å²) in [7, 11) is 0. The highest BCUT2D eigenvalue weighted by atomic mass is 19.1. The molecule has 1 heterocycles. The Morgan fingerprint density at radius 2 is 1.69 bits per heavy atom. The summed E-state index contributed by atoms with van der Waals surface area (Å²) in [5.74, 6) is -1.56. The van der Waals surface area contributed by atoms with Crippen molar-refractivity contribution in [1.29, 1.82) is 0 Å². The van der Waals surface area contributed by atoms with Crippen molar-refractivity contribution in [3.8, 4) is 0 Å². The second-order valence-electron chi connectivity index (χ2n) is 12.3. The van der Waals surface area contributed by atoms with Gasteiger partial charge in [0, 0.05) is 41.4 Å². The van der Waals surface area contributed by atoms with E-state index in [0.717, 1.165) is 24.0 Å². The number of likely N-dealkylation sites (tertiary alicyclic amines) is 1. The Balaban J connectivity index is 1.48. The molecule has 3 aromatic carbocycles. The maximum atomic E-state index is 13.7. The molecule has 0 unspecified atom stereocenters. The van der Waals surface area contributed by atoms with Gasteiger partial charge in [0.15, 0.2) is 0 Å². The van der Waals surface area contributed by atoms with Crippen LogP contribution in [0, 0.1) is 18.7 Å². The minimum Gasteiger partial charge on any atom is -0.377 e. The Kier molecular flexibility index (Phi) is 11.8. The fraction of sp³-hybridized carbons (Fsp3) is 0.417. The Hall–Kier alpha value is -4.08. The summed E-state index contributed by atoms with van der Waals surface area (Å²) in [6.45, 7) is 8.74. The largest absolute Gasteiger partial charge is 0.377 e. The summed E-state index contributed by atoms with van der Waals surface area (Å²) in [5, 5.41) is 5.90. The molecule has 9 heteroatoms. The number of nitrogens with one attached hydrogen (secondary N) is 2.